The summed E-state index contributed by atoms with van der Waals surface area (Å²) in [6.45, 7) is 5.70. The number of nitro groups is 1. The number of pyridine rings is 1. The van der Waals surface area contributed by atoms with Crippen LogP contribution in [0.15, 0.2) is 17.6 Å². The highest BCUT2D eigenvalue weighted by molar-refractivity contribution is 7.09. The number of aromatic nitrogens is 2. The second kappa shape index (κ2) is 6.62. The van der Waals surface area contributed by atoms with Crippen molar-refractivity contribution in [1.29, 1.82) is 0 Å². The number of nitrogens with zero attached hydrogens (tertiary/aromatic N) is 4. The predicted octanol–water partition coefficient (Wildman–Crippen LogP) is 3.70. The van der Waals surface area contributed by atoms with Crippen LogP contribution in [0.3, 0.4) is 0 Å². The minimum Gasteiger partial charge on any atom is -0.356 e. The van der Waals surface area contributed by atoms with Gasteiger partial charge in [-0.2, -0.15) is 0 Å². The third-order valence-corrected chi connectivity index (χ3v) is 5.35. The van der Waals surface area contributed by atoms with E-state index in [0.29, 0.717) is 11.5 Å². The molecule has 0 saturated carbocycles. The molecule has 3 heterocycles. The van der Waals surface area contributed by atoms with Crippen LogP contribution in [-0.2, 0) is 6.42 Å². The lowest BCUT2D eigenvalue weighted by atomic mass is 9.98. The first kappa shape index (κ1) is 15.9. The van der Waals surface area contributed by atoms with E-state index < -0.39 is 0 Å². The molecular weight excluding hydrogens is 312 g/mol. The third-order valence-electron chi connectivity index (χ3n) is 4.29. The second-order valence-electron chi connectivity index (χ2n) is 5.90. The lowest BCUT2D eigenvalue weighted by Gasteiger charge is -2.32. The topological polar surface area (TPSA) is 72.2 Å². The number of hydrogen-bond acceptors (Lipinski definition) is 6. The summed E-state index contributed by atoms with van der Waals surface area (Å²) in [6.07, 6.45) is 4.56. The molecule has 0 N–H and O–H groups in total. The van der Waals surface area contributed by atoms with Crippen molar-refractivity contribution in [3.8, 4) is 0 Å². The van der Waals surface area contributed by atoms with Crippen molar-refractivity contribution < 1.29 is 4.92 Å². The first-order valence-corrected chi connectivity index (χ1v) is 8.76. The van der Waals surface area contributed by atoms with E-state index in [-0.39, 0.29) is 10.6 Å². The van der Waals surface area contributed by atoms with Gasteiger partial charge in [-0.3, -0.25) is 10.1 Å². The number of rotatable bonds is 4. The van der Waals surface area contributed by atoms with E-state index in [1.807, 2.05) is 6.07 Å². The highest BCUT2D eigenvalue weighted by Gasteiger charge is 2.25. The molecule has 0 aliphatic carbocycles. The van der Waals surface area contributed by atoms with Crippen molar-refractivity contribution in [2.24, 2.45) is 0 Å². The van der Waals surface area contributed by atoms with Crippen LogP contribution in [0.25, 0.3) is 0 Å². The predicted molar refractivity (Wildman–Crippen MR) is 91.3 cm³/mol. The van der Waals surface area contributed by atoms with E-state index in [9.17, 15) is 10.1 Å². The summed E-state index contributed by atoms with van der Waals surface area (Å²) >= 11 is 1.74. The Kier molecular flexibility index (Phi) is 4.56. The first-order valence-electron chi connectivity index (χ1n) is 7.88. The molecule has 2 aromatic rings. The van der Waals surface area contributed by atoms with Crippen molar-refractivity contribution in [3.05, 3.63) is 44.0 Å². The van der Waals surface area contributed by atoms with Crippen molar-refractivity contribution in [3.63, 3.8) is 0 Å². The fraction of sp³-hybridized carbons (Fsp3) is 0.500. The highest BCUT2D eigenvalue weighted by Crippen LogP contribution is 2.32. The summed E-state index contributed by atoms with van der Waals surface area (Å²) in [5.74, 6) is 1.25. The summed E-state index contributed by atoms with van der Waals surface area (Å²) in [6, 6.07) is 1.82. The maximum absolute atomic E-state index is 10.9. The van der Waals surface area contributed by atoms with Crippen LogP contribution in [-0.4, -0.2) is 28.0 Å². The number of anilines is 1. The molecule has 23 heavy (non-hydrogen) atoms. The molecule has 1 saturated heterocycles. The van der Waals surface area contributed by atoms with Crippen molar-refractivity contribution in [1.82, 2.24) is 9.97 Å². The summed E-state index contributed by atoms with van der Waals surface area (Å²) in [7, 11) is 0. The van der Waals surface area contributed by atoms with Gasteiger partial charge in [0.25, 0.3) is 5.69 Å². The third kappa shape index (κ3) is 3.34. The van der Waals surface area contributed by atoms with Gasteiger partial charge < -0.3 is 4.90 Å². The quantitative estimate of drug-likeness (QED) is 0.630. The molecule has 1 aliphatic rings. The van der Waals surface area contributed by atoms with Gasteiger partial charge in [0.1, 0.15) is 12.0 Å². The lowest BCUT2D eigenvalue weighted by molar-refractivity contribution is -0.385. The monoisotopic (exact) mass is 332 g/mol. The SMILES string of the molecule is CCc1csc(C2CCCN(c3cc(C)c([N+](=O)[O-])cn3)C2)n1. The van der Waals surface area contributed by atoms with Gasteiger partial charge in [0.2, 0.25) is 0 Å². The van der Waals surface area contributed by atoms with Crippen LogP contribution >= 0.6 is 11.3 Å². The lowest BCUT2D eigenvalue weighted by Crippen LogP contribution is -2.35. The number of hydrogen-bond donors (Lipinski definition) is 0. The molecule has 2 aromatic heterocycles. The van der Waals surface area contributed by atoms with Crippen LogP contribution in [0, 0.1) is 17.0 Å². The average molecular weight is 332 g/mol. The van der Waals surface area contributed by atoms with Crippen molar-refractivity contribution in [2.75, 3.05) is 18.0 Å². The van der Waals surface area contributed by atoms with Crippen molar-refractivity contribution >= 4 is 22.8 Å². The Balaban J connectivity index is 1.78. The Bertz CT molecular complexity index is 716. The zero-order valence-electron chi connectivity index (χ0n) is 13.4. The Morgan fingerprint density at radius 2 is 2.35 bits per heavy atom. The molecule has 6 nitrogen and oxygen atoms in total. The van der Waals surface area contributed by atoms with Crippen LogP contribution in [0.1, 0.15) is 41.9 Å². The van der Waals surface area contributed by atoms with Gasteiger partial charge in [-0.15, -0.1) is 11.3 Å². The fourth-order valence-electron chi connectivity index (χ4n) is 2.96. The number of aryl methyl sites for hydroxylation is 2. The summed E-state index contributed by atoms with van der Waals surface area (Å²) in [4.78, 5) is 21.8. The van der Waals surface area contributed by atoms with E-state index in [4.69, 9.17) is 4.98 Å². The maximum atomic E-state index is 10.9. The molecule has 1 unspecified atom stereocenters. The standard InChI is InChI=1S/C16H20N4O2S/c1-3-13-10-23-16(18-13)12-5-4-6-19(9-12)15-7-11(2)14(8-17-15)20(21)22/h7-8,10,12H,3-6,9H2,1-2H3. The number of thiazole rings is 1. The van der Waals surface area contributed by atoms with Gasteiger partial charge in [0.15, 0.2) is 0 Å². The molecule has 0 amide bonds. The van der Waals surface area contributed by atoms with Crippen LogP contribution < -0.4 is 4.90 Å². The Morgan fingerprint density at radius 3 is 3.00 bits per heavy atom. The molecule has 0 radical (unpaired) electrons. The van der Waals surface area contributed by atoms with Gasteiger partial charge in [0.05, 0.1) is 15.6 Å². The molecule has 3 rings (SSSR count). The summed E-state index contributed by atoms with van der Waals surface area (Å²) in [5.41, 5.74) is 1.89. The zero-order chi connectivity index (χ0) is 16.4. The Labute approximate surface area is 139 Å². The molecule has 7 heteroatoms. The van der Waals surface area contributed by atoms with Crippen LogP contribution in [0.4, 0.5) is 11.5 Å². The molecular formula is C16H20N4O2S. The largest absolute Gasteiger partial charge is 0.356 e. The van der Waals surface area contributed by atoms with Gasteiger partial charge in [0, 0.05) is 30.0 Å². The smallest absolute Gasteiger partial charge is 0.290 e. The van der Waals surface area contributed by atoms with Gasteiger partial charge in [-0.25, -0.2) is 9.97 Å². The molecule has 1 aliphatic heterocycles. The zero-order valence-corrected chi connectivity index (χ0v) is 14.2. The molecule has 1 atom stereocenters. The Hall–Kier alpha value is -2.02. The summed E-state index contributed by atoms with van der Waals surface area (Å²) < 4.78 is 0. The normalized spacial score (nSPS) is 18.2. The molecule has 1 fully saturated rings. The molecule has 0 aromatic carbocycles. The fourth-order valence-corrected chi connectivity index (χ4v) is 3.99. The van der Waals surface area contributed by atoms with Crippen molar-refractivity contribution in [2.45, 2.75) is 39.0 Å². The van der Waals surface area contributed by atoms with Gasteiger partial charge >= 0.3 is 0 Å². The second-order valence-corrected chi connectivity index (χ2v) is 6.79. The van der Waals surface area contributed by atoms with E-state index in [1.165, 1.54) is 11.2 Å². The van der Waals surface area contributed by atoms with Gasteiger partial charge in [-0.1, -0.05) is 6.92 Å². The summed E-state index contributed by atoms with van der Waals surface area (Å²) in [5, 5.41) is 14.3. The minimum absolute atomic E-state index is 0.0785. The Morgan fingerprint density at radius 1 is 1.52 bits per heavy atom. The maximum Gasteiger partial charge on any atom is 0.290 e. The van der Waals surface area contributed by atoms with E-state index >= 15 is 0 Å². The number of piperidine rings is 1. The van der Waals surface area contributed by atoms with E-state index in [2.05, 4.69) is 22.2 Å². The molecule has 122 valence electrons. The molecule has 0 spiro atoms. The first-order chi connectivity index (χ1) is 11.1. The highest BCUT2D eigenvalue weighted by atomic mass is 32.1. The van der Waals surface area contributed by atoms with Crippen LogP contribution in [0.2, 0.25) is 0 Å². The van der Waals surface area contributed by atoms with E-state index in [1.54, 1.807) is 18.3 Å². The molecule has 0 bridgehead atoms. The van der Waals surface area contributed by atoms with Crippen LogP contribution in [0.5, 0.6) is 0 Å². The van der Waals surface area contributed by atoms with Gasteiger partial charge in [-0.05, 0) is 32.3 Å². The average Bonchev–Trinajstić information content (AvgIpc) is 3.03. The minimum atomic E-state index is -0.382. The van der Waals surface area contributed by atoms with E-state index in [0.717, 1.165) is 43.9 Å².